The normalized spacial score (nSPS) is 38.3. The van der Waals surface area contributed by atoms with E-state index in [-0.39, 0.29) is 51.8 Å². The van der Waals surface area contributed by atoms with E-state index in [1.165, 1.54) is 11.9 Å². The molecule has 15 atom stereocenters. The minimum absolute atomic E-state index is 0.00916. The smallest absolute Gasteiger partial charge is 0.410 e. The maximum Gasteiger partial charge on any atom is 0.410 e. The minimum atomic E-state index is -1.65. The van der Waals surface area contributed by atoms with Gasteiger partial charge in [-0.15, -0.1) is 0 Å². The molecular formula is C41H52N4O16. The average molecular weight is 857 g/mol. The van der Waals surface area contributed by atoms with E-state index in [9.17, 15) is 34.5 Å². The molecule has 332 valence electrons. The van der Waals surface area contributed by atoms with Crippen molar-refractivity contribution in [2.45, 2.75) is 125 Å². The van der Waals surface area contributed by atoms with Crippen LogP contribution in [0.1, 0.15) is 37.3 Å². The molecule has 2 aromatic rings. The molecule has 6 N–H and O–H groups in total. The van der Waals surface area contributed by atoms with Gasteiger partial charge in [-0.25, -0.2) is 14.4 Å². The molecule has 8 rings (SSSR count). The fourth-order valence-electron chi connectivity index (χ4n) is 8.88. The van der Waals surface area contributed by atoms with Gasteiger partial charge in [0, 0.05) is 19.4 Å². The Bertz CT molecular complexity index is 1870. The lowest BCUT2D eigenvalue weighted by atomic mass is 9.83. The lowest BCUT2D eigenvalue weighted by Gasteiger charge is -2.51. The Morgan fingerprint density at radius 2 is 1.48 bits per heavy atom. The molecular weight excluding hydrogens is 804 g/mol. The lowest BCUT2D eigenvalue weighted by molar-refractivity contribution is -0.367. The summed E-state index contributed by atoms with van der Waals surface area (Å²) in [7, 11) is 1.52. The molecule has 0 radical (unpaired) electrons. The number of amides is 4. The van der Waals surface area contributed by atoms with Gasteiger partial charge < -0.3 is 73.9 Å². The molecule has 0 aromatic heterocycles. The number of carbonyl (C=O) groups excluding carboxylic acids is 4. The van der Waals surface area contributed by atoms with Gasteiger partial charge in [-0.1, -0.05) is 67.6 Å². The van der Waals surface area contributed by atoms with Crippen LogP contribution < -0.4 is 16.0 Å². The van der Waals surface area contributed by atoms with Gasteiger partial charge in [-0.05, 0) is 24.0 Å². The summed E-state index contributed by atoms with van der Waals surface area (Å²) in [5.74, 6) is -0.749. The van der Waals surface area contributed by atoms with Crippen LogP contribution in [0.5, 0.6) is 0 Å². The lowest BCUT2D eigenvalue weighted by Crippen LogP contribution is -2.68. The van der Waals surface area contributed by atoms with Crippen LogP contribution in [0.4, 0.5) is 14.4 Å². The Hall–Kier alpha value is -4.64. The summed E-state index contributed by atoms with van der Waals surface area (Å²) in [6, 6.07) is 15.1. The minimum Gasteiger partial charge on any atom is -0.445 e. The predicted molar refractivity (Wildman–Crippen MR) is 205 cm³/mol. The fraction of sp³-hybridized carbons (Fsp3) is 0.610. The number of morpholine rings is 1. The van der Waals surface area contributed by atoms with E-state index in [1.54, 1.807) is 48.5 Å². The van der Waals surface area contributed by atoms with Crippen LogP contribution in [-0.2, 0) is 60.6 Å². The first-order chi connectivity index (χ1) is 29.4. The van der Waals surface area contributed by atoms with E-state index in [0.717, 1.165) is 11.1 Å². The van der Waals surface area contributed by atoms with Crippen LogP contribution in [-0.4, -0.2) is 157 Å². The third kappa shape index (κ3) is 9.57. The van der Waals surface area contributed by atoms with Gasteiger partial charge in [0.25, 0.3) is 0 Å². The topological polar surface area (TPSA) is 251 Å². The number of aliphatic hydroxyl groups is 3. The number of nitrogens with zero attached hydrogens (tertiary/aromatic N) is 1. The molecule has 5 saturated heterocycles. The number of fused-ring (bicyclic) bond motifs is 3. The zero-order chi connectivity index (χ0) is 42.8. The number of carbonyl (C=O) groups is 4. The van der Waals surface area contributed by atoms with E-state index in [4.69, 9.17) is 42.6 Å². The Morgan fingerprint density at radius 1 is 0.820 bits per heavy atom. The van der Waals surface area contributed by atoms with Crippen LogP contribution in [0, 0.1) is 5.92 Å². The van der Waals surface area contributed by atoms with Gasteiger partial charge >= 0.3 is 18.3 Å². The summed E-state index contributed by atoms with van der Waals surface area (Å²) in [4.78, 5) is 52.5. The Labute approximate surface area is 350 Å². The number of hydrogen-bond donors (Lipinski definition) is 6. The second kappa shape index (κ2) is 18.4. The van der Waals surface area contributed by atoms with Crippen molar-refractivity contribution in [3.63, 3.8) is 0 Å². The Morgan fingerprint density at radius 3 is 2.11 bits per heavy atom. The van der Waals surface area contributed by atoms with Crippen molar-refractivity contribution in [2.75, 3.05) is 26.9 Å². The molecule has 2 aromatic carbocycles. The van der Waals surface area contributed by atoms with Gasteiger partial charge in [0.05, 0.1) is 36.9 Å². The van der Waals surface area contributed by atoms with Gasteiger partial charge in [0.2, 0.25) is 5.91 Å². The third-order valence-corrected chi connectivity index (χ3v) is 12.0. The zero-order valence-electron chi connectivity index (χ0n) is 33.6. The van der Waals surface area contributed by atoms with E-state index >= 15 is 0 Å². The molecule has 61 heavy (non-hydrogen) atoms. The fourth-order valence-corrected chi connectivity index (χ4v) is 8.88. The molecule has 1 saturated carbocycles. The SMILES string of the molecule is CC1C[C@@H]2OC(O[C@H]3OCC4(COCC(=O)N4)CC3O)C3C(OC(=O)N3C)C2O[C@@H]1O[C@@H]1C(NC(=O)OCc2ccccc2)C[C@@H](NC(=O)OCc2ccccc2)C(O)[C@H]1O. The first kappa shape index (κ1) is 43.0. The number of alkyl carbamates (subject to hydrolysis) is 2. The van der Waals surface area contributed by atoms with Gasteiger partial charge in [-0.3, -0.25) is 9.69 Å². The maximum atomic E-state index is 13.2. The molecule has 6 aliphatic rings. The molecule has 4 amide bonds. The van der Waals surface area contributed by atoms with Crippen LogP contribution >= 0.6 is 0 Å². The number of likely N-dealkylation sites (N-methyl/N-ethyl adjacent to an activating group) is 1. The number of rotatable bonds is 10. The summed E-state index contributed by atoms with van der Waals surface area (Å²) >= 11 is 0. The second-order valence-electron chi connectivity index (χ2n) is 16.5. The first-order valence-electron chi connectivity index (χ1n) is 20.4. The van der Waals surface area contributed by atoms with E-state index < -0.39 is 109 Å². The highest BCUT2D eigenvalue weighted by Gasteiger charge is 2.60. The van der Waals surface area contributed by atoms with Crippen LogP contribution in [0.2, 0.25) is 0 Å². The van der Waals surface area contributed by atoms with Crippen molar-refractivity contribution in [2.24, 2.45) is 5.92 Å². The van der Waals surface area contributed by atoms with Gasteiger partial charge in [0.1, 0.15) is 56.4 Å². The molecule has 20 nitrogen and oxygen atoms in total. The Kier molecular flexibility index (Phi) is 13.0. The van der Waals surface area contributed by atoms with Crippen molar-refractivity contribution in [3.8, 4) is 0 Å². The van der Waals surface area contributed by atoms with Crippen LogP contribution in [0.3, 0.4) is 0 Å². The summed E-state index contributed by atoms with van der Waals surface area (Å²) in [6.45, 7) is 1.83. The van der Waals surface area contributed by atoms with E-state index in [1.807, 2.05) is 19.1 Å². The largest absolute Gasteiger partial charge is 0.445 e. The quantitative estimate of drug-likeness (QED) is 0.177. The highest BCUT2D eigenvalue weighted by Crippen LogP contribution is 2.42. The number of benzene rings is 2. The van der Waals surface area contributed by atoms with Crippen molar-refractivity contribution in [1.82, 2.24) is 20.9 Å². The van der Waals surface area contributed by atoms with E-state index in [0.29, 0.717) is 6.42 Å². The monoisotopic (exact) mass is 856 g/mol. The van der Waals surface area contributed by atoms with Gasteiger partial charge in [0.15, 0.2) is 25.0 Å². The summed E-state index contributed by atoms with van der Waals surface area (Å²) in [5.41, 5.74) is 0.573. The third-order valence-electron chi connectivity index (χ3n) is 12.0. The predicted octanol–water partition coefficient (Wildman–Crippen LogP) is 0.391. The standard InChI is InChI=1S/C41H52N4O16/c1-21-13-27-33(34-29(45(2)40(52)60-34)37(57-27)61-36-26(46)15-41(20-56-36)19-53-18-28(47)44-41)59-35(21)58-32-25(43-39(51)55-17-23-11-7-4-8-12-23)14-24(30(48)31(32)49)42-38(50)54-16-22-9-5-3-6-10-22/h3-12,21,24-27,29-37,46,48-49H,13-20H2,1-2H3,(H,42,50)(H,43,51)(H,44,47)/t21?,24-,25?,26?,27+,29?,30?,31-,32-,33?,34?,35+,36-,37?,41?/m1/s1. The number of nitrogens with one attached hydrogen (secondary N) is 3. The van der Waals surface area contributed by atoms with Crippen molar-refractivity contribution < 1.29 is 77.1 Å². The number of aliphatic hydroxyl groups excluding tert-OH is 3. The van der Waals surface area contributed by atoms with Crippen molar-refractivity contribution >= 4 is 24.2 Å². The number of hydrogen-bond acceptors (Lipinski definition) is 16. The van der Waals surface area contributed by atoms with Gasteiger partial charge in [-0.2, -0.15) is 0 Å². The number of ether oxygens (including phenoxy) is 9. The first-order valence-corrected chi connectivity index (χ1v) is 20.4. The van der Waals surface area contributed by atoms with E-state index in [2.05, 4.69) is 16.0 Å². The average Bonchev–Trinajstić information content (AvgIpc) is 3.55. The maximum absolute atomic E-state index is 13.2. The summed E-state index contributed by atoms with van der Waals surface area (Å²) < 4.78 is 53.5. The molecule has 5 aliphatic heterocycles. The molecule has 1 aliphatic carbocycles. The second-order valence-corrected chi connectivity index (χ2v) is 16.5. The molecule has 6 fully saturated rings. The van der Waals surface area contributed by atoms with Crippen LogP contribution in [0.15, 0.2) is 60.7 Å². The summed E-state index contributed by atoms with van der Waals surface area (Å²) in [5, 5.41) is 42.2. The molecule has 5 heterocycles. The Balaban J connectivity index is 0.944. The molecule has 1 spiro atoms. The van der Waals surface area contributed by atoms with Crippen LogP contribution in [0.25, 0.3) is 0 Å². The zero-order valence-corrected chi connectivity index (χ0v) is 33.6. The molecule has 20 heteroatoms. The van der Waals surface area contributed by atoms with Crippen molar-refractivity contribution in [3.05, 3.63) is 71.8 Å². The summed E-state index contributed by atoms with van der Waals surface area (Å²) in [6.07, 6.45) is -13.6. The molecule has 0 bridgehead atoms. The van der Waals surface area contributed by atoms with Crippen molar-refractivity contribution in [1.29, 1.82) is 0 Å². The highest BCUT2D eigenvalue weighted by molar-refractivity contribution is 5.78. The molecule has 9 unspecified atom stereocenters. The highest BCUT2D eigenvalue weighted by atomic mass is 16.8.